The second-order valence-electron chi connectivity index (χ2n) is 5.91. The third-order valence-electron chi connectivity index (χ3n) is 3.75. The van der Waals surface area contributed by atoms with Gasteiger partial charge in [-0.2, -0.15) is 0 Å². The van der Waals surface area contributed by atoms with Gasteiger partial charge in [0, 0.05) is 29.0 Å². The van der Waals surface area contributed by atoms with Gasteiger partial charge in [-0.25, -0.2) is 15.0 Å². The highest BCUT2D eigenvalue weighted by atomic mass is 79.9. The Kier molecular flexibility index (Phi) is 5.42. The van der Waals surface area contributed by atoms with Crippen LogP contribution in [0.2, 0.25) is 0 Å². The van der Waals surface area contributed by atoms with E-state index in [9.17, 15) is 0 Å². The zero-order valence-corrected chi connectivity index (χ0v) is 17.3. The van der Waals surface area contributed by atoms with Crippen LogP contribution in [0.15, 0.2) is 57.5 Å². The fourth-order valence-corrected chi connectivity index (χ4v) is 3.55. The summed E-state index contributed by atoms with van der Waals surface area (Å²) in [6.07, 6.45) is 1.12. The molecule has 3 heterocycles. The summed E-state index contributed by atoms with van der Waals surface area (Å²) in [4.78, 5) is 8.99. The molecule has 144 valence electrons. The lowest BCUT2D eigenvalue weighted by atomic mass is 10.3. The van der Waals surface area contributed by atoms with Gasteiger partial charge < -0.3 is 14.8 Å². The number of nitrogens with two attached hydrogens (primary N) is 1. The van der Waals surface area contributed by atoms with Crippen molar-refractivity contribution in [3.63, 3.8) is 0 Å². The molecule has 0 fully saturated rings. The van der Waals surface area contributed by atoms with Crippen LogP contribution in [-0.4, -0.2) is 27.2 Å². The predicted octanol–water partition coefficient (Wildman–Crippen LogP) is 4.24. The van der Waals surface area contributed by atoms with E-state index < -0.39 is 6.35 Å². The van der Waals surface area contributed by atoms with Gasteiger partial charge >= 0.3 is 0 Å². The summed E-state index contributed by atoms with van der Waals surface area (Å²) >= 11 is 4.90. The fraction of sp³-hybridized carbons (Fsp3) is 0.167. The summed E-state index contributed by atoms with van der Waals surface area (Å²) in [5.41, 5.74) is 6.70. The summed E-state index contributed by atoms with van der Waals surface area (Å²) in [6, 6.07) is 11.4. The van der Waals surface area contributed by atoms with Crippen LogP contribution in [0.4, 0.5) is 10.9 Å². The van der Waals surface area contributed by atoms with Gasteiger partial charge in [0.2, 0.25) is 12.2 Å². The normalized spacial score (nSPS) is 15.9. The van der Waals surface area contributed by atoms with E-state index in [1.165, 1.54) is 11.3 Å². The van der Waals surface area contributed by atoms with Crippen LogP contribution in [0.1, 0.15) is 12.6 Å². The number of nitrogens with zero attached hydrogens (tertiary/aromatic N) is 4. The minimum absolute atomic E-state index is 0.456. The lowest BCUT2D eigenvalue weighted by molar-refractivity contribution is 0.0554. The van der Waals surface area contributed by atoms with E-state index in [1.54, 1.807) is 18.1 Å². The molecule has 2 aromatic heterocycles. The Morgan fingerprint density at radius 1 is 1.36 bits per heavy atom. The van der Waals surface area contributed by atoms with E-state index >= 15 is 0 Å². The third kappa shape index (κ3) is 4.41. The van der Waals surface area contributed by atoms with Gasteiger partial charge in [0.1, 0.15) is 5.75 Å². The Labute approximate surface area is 174 Å². The number of nitrogens with one attached hydrogen (secondary N) is 1. The van der Waals surface area contributed by atoms with Crippen LogP contribution in [0.5, 0.6) is 11.5 Å². The quantitative estimate of drug-likeness (QED) is 0.567. The Morgan fingerprint density at radius 2 is 2.18 bits per heavy atom. The molecule has 1 aromatic carbocycles. The number of hydrogen-bond acceptors (Lipinski definition) is 9. The van der Waals surface area contributed by atoms with Crippen molar-refractivity contribution in [1.29, 1.82) is 0 Å². The zero-order valence-electron chi connectivity index (χ0n) is 14.9. The molecule has 3 aromatic rings. The first kappa shape index (κ1) is 18.7. The average molecular weight is 461 g/mol. The largest absolute Gasteiger partial charge is 0.453 e. The van der Waals surface area contributed by atoms with Crippen LogP contribution in [0.25, 0.3) is 0 Å². The Balaban J connectivity index is 1.49. The molecule has 3 N–H and O–H groups in total. The molecule has 4 rings (SSSR count). The van der Waals surface area contributed by atoms with Crippen molar-refractivity contribution < 1.29 is 9.47 Å². The number of benzene rings is 1. The maximum atomic E-state index is 5.97. The number of hydrazone groups is 1. The van der Waals surface area contributed by atoms with Crippen molar-refractivity contribution in [3.05, 3.63) is 58.1 Å². The van der Waals surface area contributed by atoms with Crippen molar-refractivity contribution in [2.45, 2.75) is 19.8 Å². The van der Waals surface area contributed by atoms with Crippen molar-refractivity contribution in [1.82, 2.24) is 15.0 Å². The van der Waals surface area contributed by atoms with Crippen LogP contribution < -0.4 is 15.8 Å². The van der Waals surface area contributed by atoms with Crippen LogP contribution in [-0.2, 0) is 11.3 Å². The molecule has 1 aliphatic heterocycles. The van der Waals surface area contributed by atoms with Gasteiger partial charge in [0.15, 0.2) is 16.7 Å². The number of thiazole rings is 1. The minimum atomic E-state index is -0.586. The first-order chi connectivity index (χ1) is 13.6. The van der Waals surface area contributed by atoms with E-state index in [0.717, 1.165) is 15.9 Å². The van der Waals surface area contributed by atoms with Crippen molar-refractivity contribution >= 4 is 44.1 Å². The summed E-state index contributed by atoms with van der Waals surface area (Å²) in [6.45, 7) is 2.22. The van der Waals surface area contributed by atoms with Crippen LogP contribution in [0.3, 0.4) is 0 Å². The summed E-state index contributed by atoms with van der Waals surface area (Å²) in [5, 5.41) is 11.7. The fourth-order valence-electron chi connectivity index (χ4n) is 2.53. The second kappa shape index (κ2) is 8.13. The van der Waals surface area contributed by atoms with Gasteiger partial charge in [0.25, 0.3) is 0 Å². The molecule has 1 unspecified atom stereocenters. The highest BCUT2D eigenvalue weighted by Gasteiger charge is 2.22. The highest BCUT2D eigenvalue weighted by Crippen LogP contribution is 2.33. The van der Waals surface area contributed by atoms with Gasteiger partial charge in [-0.05, 0) is 28.1 Å². The topological polar surface area (TPSA) is 97.9 Å². The number of ether oxygens (including phenoxy) is 2. The molecule has 0 radical (unpaired) electrons. The smallest absolute Gasteiger partial charge is 0.244 e. The first-order valence-electron chi connectivity index (χ1n) is 8.41. The number of halogens is 1. The van der Waals surface area contributed by atoms with Crippen LogP contribution in [0, 0.1) is 0 Å². The maximum absolute atomic E-state index is 5.97. The minimum Gasteiger partial charge on any atom is -0.453 e. The van der Waals surface area contributed by atoms with E-state index in [0.29, 0.717) is 29.1 Å². The standard InChI is InChI=1S/C18H17BrN6O2S/c1-11-24-25(17(20)26-11)9-13-10-28-18(22-13)23-16-15(7-12(19)8-21-16)27-14-5-3-2-4-6-14/h2-8,10,17H,9,20H2,1H3,(H,21,22,23). The van der Waals surface area contributed by atoms with Gasteiger partial charge in [-0.3, -0.25) is 5.73 Å². The number of aromatic nitrogens is 2. The third-order valence-corrected chi connectivity index (χ3v) is 4.99. The molecule has 8 nitrogen and oxygen atoms in total. The molecule has 1 aliphatic rings. The van der Waals surface area contributed by atoms with E-state index in [1.807, 2.05) is 41.8 Å². The summed E-state index contributed by atoms with van der Waals surface area (Å²) < 4.78 is 12.1. The molecule has 0 aliphatic carbocycles. The SMILES string of the molecule is CC1=NN(Cc2csc(Nc3ncc(Br)cc3Oc3ccccc3)n2)C(N)O1. The second-order valence-corrected chi connectivity index (χ2v) is 7.68. The predicted molar refractivity (Wildman–Crippen MR) is 112 cm³/mol. The lowest BCUT2D eigenvalue weighted by Crippen LogP contribution is -2.35. The number of para-hydroxylation sites is 1. The first-order valence-corrected chi connectivity index (χ1v) is 10.1. The molecular formula is C18H17BrN6O2S. The van der Waals surface area contributed by atoms with Crippen molar-refractivity contribution in [2.75, 3.05) is 5.32 Å². The van der Waals surface area contributed by atoms with E-state index in [-0.39, 0.29) is 0 Å². The molecule has 0 bridgehead atoms. The number of anilines is 2. The van der Waals surface area contributed by atoms with E-state index in [2.05, 4.69) is 36.3 Å². The molecule has 0 spiro atoms. The van der Waals surface area contributed by atoms with Crippen molar-refractivity contribution in [2.24, 2.45) is 10.8 Å². The Hall–Kier alpha value is -2.69. The molecule has 10 heteroatoms. The number of pyridine rings is 1. The molecule has 28 heavy (non-hydrogen) atoms. The van der Waals surface area contributed by atoms with Gasteiger partial charge in [0.05, 0.1) is 12.2 Å². The lowest BCUT2D eigenvalue weighted by Gasteiger charge is -2.16. The Morgan fingerprint density at radius 3 is 2.93 bits per heavy atom. The maximum Gasteiger partial charge on any atom is 0.244 e. The van der Waals surface area contributed by atoms with Gasteiger partial charge in [-0.1, -0.05) is 18.2 Å². The van der Waals surface area contributed by atoms with Crippen molar-refractivity contribution in [3.8, 4) is 11.5 Å². The molecular weight excluding hydrogens is 444 g/mol. The average Bonchev–Trinajstić information content (AvgIpc) is 3.24. The molecule has 0 saturated heterocycles. The molecule has 0 amide bonds. The molecule has 1 atom stereocenters. The number of rotatable bonds is 6. The monoisotopic (exact) mass is 460 g/mol. The highest BCUT2D eigenvalue weighted by molar-refractivity contribution is 9.10. The summed E-state index contributed by atoms with van der Waals surface area (Å²) in [5.74, 6) is 2.43. The molecule has 0 saturated carbocycles. The Bertz CT molecular complexity index is 997. The van der Waals surface area contributed by atoms with Crippen LogP contribution >= 0.6 is 27.3 Å². The van der Waals surface area contributed by atoms with E-state index in [4.69, 9.17) is 15.2 Å². The summed E-state index contributed by atoms with van der Waals surface area (Å²) in [7, 11) is 0. The number of hydrogen-bond donors (Lipinski definition) is 2. The zero-order chi connectivity index (χ0) is 19.5. The van der Waals surface area contributed by atoms with Gasteiger partial charge in [-0.15, -0.1) is 16.4 Å².